The Morgan fingerprint density at radius 3 is 2.59 bits per heavy atom. The molecule has 1 N–H and O–H groups in total. The van der Waals surface area contributed by atoms with Gasteiger partial charge in [0.2, 0.25) is 0 Å². The van der Waals surface area contributed by atoms with Gasteiger partial charge in [-0.1, -0.05) is 6.08 Å². The molecule has 1 aliphatic carbocycles. The van der Waals surface area contributed by atoms with Gasteiger partial charge in [-0.2, -0.15) is 5.26 Å². The van der Waals surface area contributed by atoms with Crippen LogP contribution in [0, 0.1) is 17.1 Å². The van der Waals surface area contributed by atoms with Gasteiger partial charge in [0.15, 0.2) is 0 Å². The summed E-state index contributed by atoms with van der Waals surface area (Å²) in [6.45, 7) is 3.80. The summed E-state index contributed by atoms with van der Waals surface area (Å²) in [6.07, 6.45) is 5.30. The van der Waals surface area contributed by atoms with E-state index < -0.39 is 5.82 Å². The Morgan fingerprint density at radius 1 is 1.12 bits per heavy atom. The summed E-state index contributed by atoms with van der Waals surface area (Å²) in [5.41, 5.74) is 3.93. The number of allylic oxidation sites excluding steroid dienone is 1. The molecule has 1 aliphatic heterocycles. The third-order valence-corrected chi connectivity index (χ3v) is 6.25. The molecule has 0 unspecified atom stereocenters. The third-order valence-electron chi connectivity index (χ3n) is 6.25. The van der Waals surface area contributed by atoms with Crippen molar-refractivity contribution in [3.63, 3.8) is 0 Å². The molecule has 32 heavy (non-hydrogen) atoms. The molecule has 164 valence electrons. The molecular weight excluding hydrogens is 429 g/mol. The molecule has 2 aliphatic rings. The Kier molecular flexibility index (Phi) is 6.26. The predicted molar refractivity (Wildman–Crippen MR) is 126 cm³/mol. The van der Waals surface area contributed by atoms with E-state index in [1.54, 1.807) is 0 Å². The van der Waals surface area contributed by atoms with Gasteiger partial charge in [-0.25, -0.2) is 4.39 Å². The van der Waals surface area contributed by atoms with Crippen LogP contribution in [0.4, 0.5) is 10.1 Å². The molecule has 3 heterocycles. The lowest BCUT2D eigenvalue weighted by Gasteiger charge is -2.38. The lowest BCUT2D eigenvalue weighted by molar-refractivity contribution is 0.214. The van der Waals surface area contributed by atoms with Gasteiger partial charge in [0.25, 0.3) is 5.56 Å². The van der Waals surface area contributed by atoms with Crippen LogP contribution < -0.4 is 10.5 Å². The highest BCUT2D eigenvalue weighted by Gasteiger charge is 2.27. The van der Waals surface area contributed by atoms with Gasteiger partial charge in [0.05, 0.1) is 28.7 Å². The number of anilines is 1. The SMILES string of the molecule is Cl.N#Cc1ccc(N2CCN([C@@H]3C=C(c4cc5ncc(F)cc5c(=O)[nH]4)CC3)CC2)cc1. The molecule has 1 atom stereocenters. The third kappa shape index (κ3) is 4.24. The average molecular weight is 452 g/mol. The normalized spacial score (nSPS) is 18.8. The highest BCUT2D eigenvalue weighted by Crippen LogP contribution is 2.31. The Hall–Kier alpha value is -3.21. The highest BCUT2D eigenvalue weighted by molar-refractivity contribution is 5.85. The quantitative estimate of drug-likeness (QED) is 0.656. The lowest BCUT2D eigenvalue weighted by Crippen LogP contribution is -2.49. The fourth-order valence-corrected chi connectivity index (χ4v) is 4.56. The van der Waals surface area contributed by atoms with Gasteiger partial charge in [-0.05, 0) is 54.8 Å². The first kappa shape index (κ1) is 22.0. The topological polar surface area (TPSA) is 76.0 Å². The summed E-state index contributed by atoms with van der Waals surface area (Å²) in [4.78, 5) is 24.2. The van der Waals surface area contributed by atoms with E-state index in [1.165, 1.54) is 6.07 Å². The van der Waals surface area contributed by atoms with Crippen LogP contribution in [-0.4, -0.2) is 47.1 Å². The molecular formula is C24H23ClFN5O. The number of nitrogens with zero attached hydrogens (tertiary/aromatic N) is 4. The molecule has 6 nitrogen and oxygen atoms in total. The fourth-order valence-electron chi connectivity index (χ4n) is 4.56. The molecule has 2 aromatic heterocycles. The van der Waals surface area contributed by atoms with Crippen molar-refractivity contribution in [3.8, 4) is 6.07 Å². The van der Waals surface area contributed by atoms with Crippen LogP contribution in [-0.2, 0) is 0 Å². The molecule has 0 radical (unpaired) electrons. The standard InChI is InChI=1S/C24H22FN5O.ClH/c25-18-12-21-23(27-15-18)13-22(28-24(21)31)17-3-6-20(11-17)30-9-7-29(8-10-30)19-4-1-16(14-26)2-5-19;/h1-2,4-5,11-13,15,20H,3,6-10H2,(H,28,31);1H/t20-;/m0./s1. The minimum Gasteiger partial charge on any atom is -0.369 e. The zero-order valence-electron chi connectivity index (χ0n) is 17.4. The molecule has 5 rings (SSSR count). The molecule has 8 heteroatoms. The van der Waals surface area contributed by atoms with Crippen molar-refractivity contribution in [1.29, 1.82) is 5.26 Å². The Labute approximate surface area is 191 Å². The molecule has 0 bridgehead atoms. The van der Waals surface area contributed by atoms with Crippen LogP contribution in [0.5, 0.6) is 0 Å². The molecule has 1 aromatic carbocycles. The van der Waals surface area contributed by atoms with Crippen molar-refractivity contribution in [2.24, 2.45) is 0 Å². The van der Waals surface area contributed by atoms with E-state index in [1.807, 2.05) is 30.3 Å². The van der Waals surface area contributed by atoms with Crippen molar-refractivity contribution in [2.45, 2.75) is 18.9 Å². The van der Waals surface area contributed by atoms with Crippen LogP contribution in [0.15, 0.2) is 53.5 Å². The number of fused-ring (bicyclic) bond motifs is 1. The first-order chi connectivity index (χ1) is 15.1. The zero-order valence-corrected chi connectivity index (χ0v) is 18.2. The summed E-state index contributed by atoms with van der Waals surface area (Å²) < 4.78 is 13.4. The van der Waals surface area contributed by atoms with E-state index in [0.29, 0.717) is 17.1 Å². The molecule has 3 aromatic rings. The number of H-pyrrole nitrogens is 1. The van der Waals surface area contributed by atoms with E-state index in [-0.39, 0.29) is 23.4 Å². The van der Waals surface area contributed by atoms with Crippen LogP contribution in [0.25, 0.3) is 16.5 Å². The molecule has 0 saturated carbocycles. The molecule has 0 amide bonds. The number of nitriles is 1. The van der Waals surface area contributed by atoms with Gasteiger partial charge in [0.1, 0.15) is 5.82 Å². The Bertz CT molecular complexity index is 1260. The number of hydrogen-bond acceptors (Lipinski definition) is 5. The van der Waals surface area contributed by atoms with Crippen LogP contribution >= 0.6 is 12.4 Å². The van der Waals surface area contributed by atoms with E-state index >= 15 is 0 Å². The van der Waals surface area contributed by atoms with E-state index in [0.717, 1.165) is 62.2 Å². The number of benzene rings is 1. The fraction of sp³-hybridized carbons (Fsp3) is 0.292. The number of pyridine rings is 2. The number of aromatic nitrogens is 2. The van der Waals surface area contributed by atoms with Gasteiger partial charge < -0.3 is 9.88 Å². The predicted octanol–water partition coefficient (Wildman–Crippen LogP) is 3.72. The number of hydrogen-bond donors (Lipinski definition) is 1. The molecule has 0 spiro atoms. The summed E-state index contributed by atoms with van der Waals surface area (Å²) >= 11 is 0. The molecule has 1 saturated heterocycles. The summed E-state index contributed by atoms with van der Waals surface area (Å²) in [6, 6.07) is 13.3. The van der Waals surface area contributed by atoms with Crippen molar-refractivity contribution >= 4 is 34.6 Å². The number of rotatable bonds is 3. The van der Waals surface area contributed by atoms with Crippen molar-refractivity contribution in [1.82, 2.24) is 14.9 Å². The second-order valence-corrected chi connectivity index (χ2v) is 8.08. The first-order valence-electron chi connectivity index (χ1n) is 10.5. The maximum atomic E-state index is 13.4. The second kappa shape index (κ2) is 9.11. The number of halogens is 2. The van der Waals surface area contributed by atoms with Crippen molar-refractivity contribution < 1.29 is 4.39 Å². The van der Waals surface area contributed by atoms with Gasteiger partial charge in [-0.15, -0.1) is 12.4 Å². The number of nitrogens with one attached hydrogen (secondary N) is 1. The minimum absolute atomic E-state index is 0. The van der Waals surface area contributed by atoms with Crippen LogP contribution in [0.2, 0.25) is 0 Å². The van der Waals surface area contributed by atoms with E-state index in [4.69, 9.17) is 5.26 Å². The number of aromatic amines is 1. The maximum Gasteiger partial charge on any atom is 0.257 e. The van der Waals surface area contributed by atoms with Gasteiger partial charge in [-0.3, -0.25) is 14.7 Å². The van der Waals surface area contributed by atoms with E-state index in [2.05, 4.69) is 31.9 Å². The Balaban J connectivity index is 0.00000245. The van der Waals surface area contributed by atoms with Crippen LogP contribution in [0.1, 0.15) is 24.1 Å². The van der Waals surface area contributed by atoms with Crippen LogP contribution in [0.3, 0.4) is 0 Å². The lowest BCUT2D eigenvalue weighted by atomic mass is 10.1. The highest BCUT2D eigenvalue weighted by atomic mass is 35.5. The monoisotopic (exact) mass is 451 g/mol. The summed E-state index contributed by atoms with van der Waals surface area (Å²) in [5.74, 6) is -0.508. The molecule has 1 fully saturated rings. The minimum atomic E-state index is -0.508. The summed E-state index contributed by atoms with van der Waals surface area (Å²) in [7, 11) is 0. The average Bonchev–Trinajstić information content (AvgIpc) is 3.30. The smallest absolute Gasteiger partial charge is 0.257 e. The van der Waals surface area contributed by atoms with E-state index in [9.17, 15) is 9.18 Å². The number of piperazine rings is 1. The summed E-state index contributed by atoms with van der Waals surface area (Å²) in [5, 5.41) is 9.24. The van der Waals surface area contributed by atoms with Crippen molar-refractivity contribution in [2.75, 3.05) is 31.1 Å². The van der Waals surface area contributed by atoms with Gasteiger partial charge in [0, 0.05) is 43.6 Å². The zero-order chi connectivity index (χ0) is 21.4. The largest absolute Gasteiger partial charge is 0.369 e. The second-order valence-electron chi connectivity index (χ2n) is 8.08. The Morgan fingerprint density at radius 2 is 1.88 bits per heavy atom. The van der Waals surface area contributed by atoms with Crippen molar-refractivity contribution in [3.05, 3.63) is 76.1 Å². The van der Waals surface area contributed by atoms with Gasteiger partial charge >= 0.3 is 0 Å². The maximum absolute atomic E-state index is 13.4. The first-order valence-corrected chi connectivity index (χ1v) is 10.5.